The summed E-state index contributed by atoms with van der Waals surface area (Å²) < 4.78 is 6.00. The molecule has 2 rings (SSSR count). The van der Waals surface area contributed by atoms with Crippen LogP contribution in [0.25, 0.3) is 0 Å². The van der Waals surface area contributed by atoms with Crippen molar-refractivity contribution in [3.05, 3.63) is 34.9 Å². The zero-order chi connectivity index (χ0) is 20.4. The fourth-order valence-electron chi connectivity index (χ4n) is 3.28. The Bertz CT molecular complexity index is 758. The van der Waals surface area contributed by atoms with Crippen LogP contribution in [0.4, 0.5) is 0 Å². The highest BCUT2D eigenvalue weighted by atomic mass is 35.5. The van der Waals surface area contributed by atoms with E-state index in [1.165, 1.54) is 0 Å². The quantitative estimate of drug-likeness (QED) is 0.507. The molecule has 1 aliphatic carbocycles. The Morgan fingerprint density at radius 3 is 2.82 bits per heavy atom. The van der Waals surface area contributed by atoms with Crippen molar-refractivity contribution in [1.29, 1.82) is 5.26 Å². The molecule has 150 valence electrons. The number of halogens is 1. The predicted molar refractivity (Wildman–Crippen MR) is 112 cm³/mol. The number of aliphatic imine (C=N–C) groups is 1. The van der Waals surface area contributed by atoms with Crippen molar-refractivity contribution in [3.8, 4) is 11.8 Å². The second kappa shape index (κ2) is 11.5. The molecular formula is C22H28ClN3O2. The molecule has 1 aliphatic rings. The molecule has 1 N–H and O–H groups in total. The van der Waals surface area contributed by atoms with Crippen LogP contribution in [0.3, 0.4) is 0 Å². The molecule has 1 unspecified atom stereocenters. The monoisotopic (exact) mass is 401 g/mol. The predicted octanol–water partition coefficient (Wildman–Crippen LogP) is 4.68. The Morgan fingerprint density at radius 1 is 1.43 bits per heavy atom. The Labute approximate surface area is 172 Å². The average molecular weight is 402 g/mol. The number of carbonyl (C=O) groups is 1. The highest BCUT2D eigenvalue weighted by Gasteiger charge is 2.25. The molecule has 1 aromatic carbocycles. The first-order valence-corrected chi connectivity index (χ1v) is 10.3. The van der Waals surface area contributed by atoms with Crippen molar-refractivity contribution < 1.29 is 9.53 Å². The summed E-state index contributed by atoms with van der Waals surface area (Å²) in [4.78, 5) is 16.5. The molecule has 0 saturated heterocycles. The molecular weight excluding hydrogens is 374 g/mol. The van der Waals surface area contributed by atoms with Crippen LogP contribution < -0.4 is 10.1 Å². The number of hydrogen-bond acceptors (Lipinski definition) is 4. The van der Waals surface area contributed by atoms with Crippen molar-refractivity contribution in [3.63, 3.8) is 0 Å². The van der Waals surface area contributed by atoms with Crippen LogP contribution in [0.1, 0.15) is 57.9 Å². The van der Waals surface area contributed by atoms with Crippen molar-refractivity contribution in [2.24, 2.45) is 10.9 Å². The van der Waals surface area contributed by atoms with E-state index in [0.717, 1.165) is 38.5 Å². The standard InChI is InChI=1S/C22H28ClN3O2/c1-3-12-25-13-4-5-16(2)22(27)26-18-7-10-19(11-8-18)28-20-9-6-17(15-24)21(23)14-20/h3,6,9,14,16,18-19H,4-5,7-8,10-11,13H2,1-2H3,(H,26,27). The minimum atomic E-state index is -0.00410. The number of ether oxygens (including phenoxy) is 1. The minimum Gasteiger partial charge on any atom is -0.490 e. The highest BCUT2D eigenvalue weighted by molar-refractivity contribution is 6.31. The van der Waals surface area contributed by atoms with Gasteiger partial charge in [0.1, 0.15) is 11.8 Å². The maximum atomic E-state index is 12.4. The van der Waals surface area contributed by atoms with Gasteiger partial charge >= 0.3 is 0 Å². The van der Waals surface area contributed by atoms with E-state index in [-0.39, 0.29) is 24.0 Å². The van der Waals surface area contributed by atoms with Crippen LogP contribution in [-0.2, 0) is 4.79 Å². The Kier molecular flexibility index (Phi) is 9.07. The van der Waals surface area contributed by atoms with Gasteiger partial charge in [0, 0.05) is 24.6 Å². The molecule has 6 heteroatoms. The number of allylic oxidation sites excluding steroid dienone is 1. The lowest BCUT2D eigenvalue weighted by Crippen LogP contribution is -2.41. The number of nitriles is 1. The summed E-state index contributed by atoms with van der Waals surface area (Å²) in [6, 6.07) is 7.40. The van der Waals surface area contributed by atoms with Gasteiger partial charge in [-0.3, -0.25) is 4.79 Å². The van der Waals surface area contributed by atoms with Gasteiger partial charge in [0.25, 0.3) is 0 Å². The molecule has 1 amide bonds. The Balaban J connectivity index is 1.71. The van der Waals surface area contributed by atoms with E-state index in [1.807, 2.05) is 19.9 Å². The van der Waals surface area contributed by atoms with Gasteiger partial charge in [0.2, 0.25) is 5.91 Å². The number of amides is 1. The van der Waals surface area contributed by atoms with E-state index in [4.69, 9.17) is 21.6 Å². The summed E-state index contributed by atoms with van der Waals surface area (Å²) in [5.41, 5.74) is 0.447. The first-order valence-electron chi connectivity index (χ1n) is 9.90. The normalized spacial score (nSPS) is 19.6. The van der Waals surface area contributed by atoms with Gasteiger partial charge in [-0.2, -0.15) is 5.26 Å². The number of nitrogens with zero attached hydrogens (tertiary/aromatic N) is 2. The van der Waals surface area contributed by atoms with E-state index >= 15 is 0 Å². The van der Waals surface area contributed by atoms with Crippen molar-refractivity contribution >= 4 is 23.4 Å². The van der Waals surface area contributed by atoms with Gasteiger partial charge in [-0.05, 0) is 69.5 Å². The van der Waals surface area contributed by atoms with Crippen LogP contribution in [-0.4, -0.2) is 30.5 Å². The summed E-state index contributed by atoms with van der Waals surface area (Å²) >= 11 is 6.06. The molecule has 5 nitrogen and oxygen atoms in total. The first kappa shape index (κ1) is 22.0. The van der Waals surface area contributed by atoms with Gasteiger partial charge in [0.15, 0.2) is 0 Å². The SMILES string of the molecule is CC=C=NCCCC(C)C(=O)NC1CCC(Oc2ccc(C#N)c(Cl)c2)CC1. The van der Waals surface area contributed by atoms with Gasteiger partial charge in [0.05, 0.1) is 16.7 Å². The topological polar surface area (TPSA) is 74.5 Å². The third-order valence-electron chi connectivity index (χ3n) is 4.96. The zero-order valence-corrected chi connectivity index (χ0v) is 17.3. The molecule has 1 fully saturated rings. The number of nitrogens with one attached hydrogen (secondary N) is 1. The summed E-state index contributed by atoms with van der Waals surface area (Å²) in [5, 5.41) is 12.5. The first-order chi connectivity index (χ1) is 13.5. The van der Waals surface area contributed by atoms with Gasteiger partial charge in [-0.25, -0.2) is 4.99 Å². The Hall–Kier alpha value is -2.28. The molecule has 0 aromatic heterocycles. The molecule has 0 spiro atoms. The largest absolute Gasteiger partial charge is 0.490 e. The summed E-state index contributed by atoms with van der Waals surface area (Å²) in [6.45, 7) is 4.57. The van der Waals surface area contributed by atoms with Crippen molar-refractivity contribution in [2.45, 2.75) is 64.5 Å². The van der Waals surface area contributed by atoms with Crippen LogP contribution >= 0.6 is 11.6 Å². The molecule has 1 saturated carbocycles. The zero-order valence-electron chi connectivity index (χ0n) is 16.6. The van der Waals surface area contributed by atoms with E-state index in [0.29, 0.717) is 22.9 Å². The van der Waals surface area contributed by atoms with E-state index in [9.17, 15) is 4.79 Å². The number of rotatable bonds is 8. The van der Waals surface area contributed by atoms with E-state index in [1.54, 1.807) is 24.3 Å². The summed E-state index contributed by atoms with van der Waals surface area (Å²) in [5.74, 6) is 3.62. The second-order valence-corrected chi connectivity index (χ2v) is 7.60. The van der Waals surface area contributed by atoms with E-state index < -0.39 is 0 Å². The maximum Gasteiger partial charge on any atom is 0.223 e. The minimum absolute atomic E-state index is 0.00410. The fourth-order valence-corrected chi connectivity index (χ4v) is 3.50. The molecule has 0 radical (unpaired) electrons. The lowest BCUT2D eigenvalue weighted by atomic mass is 9.92. The smallest absolute Gasteiger partial charge is 0.223 e. The highest BCUT2D eigenvalue weighted by Crippen LogP contribution is 2.27. The third kappa shape index (κ3) is 7.03. The van der Waals surface area contributed by atoms with Crippen LogP contribution in [0.5, 0.6) is 5.75 Å². The van der Waals surface area contributed by atoms with Gasteiger partial charge in [-0.15, -0.1) is 0 Å². The maximum absolute atomic E-state index is 12.4. The number of carbonyl (C=O) groups excluding carboxylic acids is 1. The summed E-state index contributed by atoms with van der Waals surface area (Å²) in [6.07, 6.45) is 7.19. The molecule has 0 bridgehead atoms. The number of hydrogen-bond donors (Lipinski definition) is 1. The molecule has 1 aromatic rings. The lowest BCUT2D eigenvalue weighted by molar-refractivity contribution is -0.125. The van der Waals surface area contributed by atoms with Crippen LogP contribution in [0.15, 0.2) is 29.3 Å². The van der Waals surface area contributed by atoms with Gasteiger partial charge < -0.3 is 10.1 Å². The average Bonchev–Trinajstić information content (AvgIpc) is 2.69. The summed E-state index contributed by atoms with van der Waals surface area (Å²) in [7, 11) is 0. The molecule has 0 aliphatic heterocycles. The van der Waals surface area contributed by atoms with Crippen molar-refractivity contribution in [2.75, 3.05) is 6.54 Å². The molecule has 1 atom stereocenters. The van der Waals surface area contributed by atoms with Gasteiger partial charge in [-0.1, -0.05) is 18.5 Å². The third-order valence-corrected chi connectivity index (χ3v) is 5.27. The second-order valence-electron chi connectivity index (χ2n) is 7.20. The molecule has 0 heterocycles. The van der Waals surface area contributed by atoms with E-state index in [2.05, 4.69) is 16.2 Å². The fraction of sp³-hybridized carbons (Fsp3) is 0.545. The van der Waals surface area contributed by atoms with Crippen LogP contribution in [0.2, 0.25) is 5.02 Å². The lowest BCUT2D eigenvalue weighted by Gasteiger charge is -2.30. The number of benzene rings is 1. The van der Waals surface area contributed by atoms with Crippen LogP contribution in [0, 0.1) is 17.2 Å². The Morgan fingerprint density at radius 2 is 2.18 bits per heavy atom. The van der Waals surface area contributed by atoms with Crippen molar-refractivity contribution in [1.82, 2.24) is 5.32 Å². The molecule has 28 heavy (non-hydrogen) atoms.